The summed E-state index contributed by atoms with van der Waals surface area (Å²) in [5.74, 6) is -1.56. The molecule has 1 aliphatic heterocycles. The Morgan fingerprint density at radius 1 is 1.29 bits per heavy atom. The topological polar surface area (TPSA) is 134 Å². The minimum Gasteiger partial charge on any atom is -0.350 e. The monoisotopic (exact) mass is 547 g/mol. The number of hydrogen-bond acceptors (Lipinski definition) is 8. The Kier molecular flexibility index (Phi) is 8.09. The summed E-state index contributed by atoms with van der Waals surface area (Å²) in [6.45, 7) is 3.33. The lowest BCUT2D eigenvalue weighted by atomic mass is 10.0. The Hall–Kier alpha value is -3.42. The van der Waals surface area contributed by atoms with Crippen LogP contribution in [0.1, 0.15) is 38.3 Å². The minimum atomic E-state index is -3.94. The fraction of sp³-hybridized carbons (Fsp3) is 0.440. The maximum atomic E-state index is 15.1. The van der Waals surface area contributed by atoms with Crippen molar-refractivity contribution in [3.8, 4) is 16.8 Å². The number of aromatic nitrogens is 4. The number of carbonyl (C=O) groups is 1. The number of nitrogens with zero attached hydrogens (tertiary/aromatic N) is 4. The van der Waals surface area contributed by atoms with Gasteiger partial charge in [0.25, 0.3) is 11.5 Å². The molecule has 3 aromatic rings. The van der Waals surface area contributed by atoms with Gasteiger partial charge in [0, 0.05) is 43.7 Å². The summed E-state index contributed by atoms with van der Waals surface area (Å²) in [6.07, 6.45) is 4.93. The van der Waals surface area contributed by atoms with Crippen molar-refractivity contribution in [1.29, 1.82) is 0 Å². The molecule has 1 aromatic carbocycles. The quantitative estimate of drug-likeness (QED) is 0.404. The number of rotatable bonds is 9. The number of carbonyl (C=O) groups excluding carboxylic acids is 1. The molecular formula is C25H30FN5O6S. The average molecular weight is 548 g/mol. The van der Waals surface area contributed by atoms with E-state index in [0.717, 1.165) is 41.6 Å². The largest absolute Gasteiger partial charge is 0.350 e. The number of halogens is 1. The van der Waals surface area contributed by atoms with Crippen molar-refractivity contribution in [2.45, 2.75) is 57.1 Å². The molecule has 1 unspecified atom stereocenters. The Morgan fingerprint density at radius 2 is 2.03 bits per heavy atom. The third-order valence-corrected chi connectivity index (χ3v) is 8.67. The van der Waals surface area contributed by atoms with Crippen LogP contribution >= 0.6 is 0 Å². The van der Waals surface area contributed by atoms with Crippen LogP contribution < -0.4 is 11.0 Å². The number of benzene rings is 1. The van der Waals surface area contributed by atoms with Crippen LogP contribution in [-0.2, 0) is 30.8 Å². The highest BCUT2D eigenvalue weighted by atomic mass is 32.2. The van der Waals surface area contributed by atoms with E-state index in [1.54, 1.807) is 30.5 Å². The van der Waals surface area contributed by atoms with Crippen molar-refractivity contribution in [2.24, 2.45) is 0 Å². The zero-order chi connectivity index (χ0) is 27.5. The molecule has 204 valence electrons. The summed E-state index contributed by atoms with van der Waals surface area (Å²) in [7, 11) is -3.94. The summed E-state index contributed by atoms with van der Waals surface area (Å²) < 4.78 is 44.7. The molecule has 0 bridgehead atoms. The molecule has 0 spiro atoms. The smallest absolute Gasteiger partial charge is 0.264 e. The molecule has 1 aliphatic rings. The number of aryl methyl sites for hydroxylation is 2. The first-order valence-electron chi connectivity index (χ1n) is 12.1. The maximum absolute atomic E-state index is 15.1. The standard InChI is InChI=1S/C25H30FN5O6S/c1-17-15-27-31(28-17)19-9-7-18(8-10-19)20-14-22(32)30(16-21(20)26)12-11-25(2,38(3,34)35)24(33)29-37-23-6-4-5-13-36-23/h7-10,14-16,23H,4-6,11-13H2,1-3H3,(H,29,33)/t23?,25-/m1/s1. The van der Waals surface area contributed by atoms with Crippen LogP contribution in [0.4, 0.5) is 4.39 Å². The number of hydrogen-bond donors (Lipinski definition) is 1. The van der Waals surface area contributed by atoms with E-state index in [9.17, 15) is 18.0 Å². The molecule has 13 heteroatoms. The van der Waals surface area contributed by atoms with E-state index >= 15 is 4.39 Å². The fourth-order valence-electron chi connectivity index (χ4n) is 4.01. The van der Waals surface area contributed by atoms with Gasteiger partial charge in [0.05, 0.1) is 17.6 Å². The SMILES string of the molecule is Cc1cnn(-c2ccc(-c3cc(=O)n(CC[C@](C)(C(=O)NOC4CCCCO4)S(C)(=O)=O)cc3F)cc2)n1. The molecule has 38 heavy (non-hydrogen) atoms. The van der Waals surface area contributed by atoms with Crippen LogP contribution in [0.5, 0.6) is 0 Å². The van der Waals surface area contributed by atoms with Gasteiger partial charge < -0.3 is 9.30 Å². The van der Waals surface area contributed by atoms with Crippen LogP contribution in [0.25, 0.3) is 16.8 Å². The molecular weight excluding hydrogens is 517 g/mol. The average Bonchev–Trinajstić information content (AvgIpc) is 3.33. The highest BCUT2D eigenvalue weighted by Gasteiger charge is 2.44. The molecule has 11 nitrogen and oxygen atoms in total. The number of hydroxylamine groups is 1. The van der Waals surface area contributed by atoms with Gasteiger partial charge in [-0.05, 0) is 50.8 Å². The molecule has 2 aromatic heterocycles. The van der Waals surface area contributed by atoms with E-state index in [1.165, 1.54) is 11.7 Å². The zero-order valence-corrected chi connectivity index (χ0v) is 22.2. The molecule has 1 N–H and O–H groups in total. The zero-order valence-electron chi connectivity index (χ0n) is 21.4. The number of ether oxygens (including phenoxy) is 1. The van der Waals surface area contributed by atoms with Gasteiger partial charge in [0.1, 0.15) is 5.82 Å². The molecule has 1 fully saturated rings. The second-order valence-electron chi connectivity index (χ2n) is 9.49. The van der Waals surface area contributed by atoms with Crippen molar-refractivity contribution >= 4 is 15.7 Å². The second kappa shape index (κ2) is 11.1. The highest BCUT2D eigenvalue weighted by Crippen LogP contribution is 2.25. The lowest BCUT2D eigenvalue weighted by molar-refractivity contribution is -0.201. The van der Waals surface area contributed by atoms with E-state index in [4.69, 9.17) is 9.57 Å². The molecule has 3 heterocycles. The Balaban J connectivity index is 1.49. The van der Waals surface area contributed by atoms with Crippen LogP contribution in [0.3, 0.4) is 0 Å². The minimum absolute atomic E-state index is 0.0897. The van der Waals surface area contributed by atoms with Crippen LogP contribution in [0, 0.1) is 12.7 Å². The van der Waals surface area contributed by atoms with Gasteiger partial charge in [-0.3, -0.25) is 9.59 Å². The number of sulfone groups is 1. The van der Waals surface area contributed by atoms with Gasteiger partial charge in [-0.1, -0.05) is 12.1 Å². The Morgan fingerprint density at radius 3 is 2.63 bits per heavy atom. The number of nitrogens with one attached hydrogen (secondary N) is 1. The van der Waals surface area contributed by atoms with E-state index in [2.05, 4.69) is 15.7 Å². The third kappa shape index (κ3) is 6.00. The second-order valence-corrected chi connectivity index (χ2v) is 11.9. The first-order valence-corrected chi connectivity index (χ1v) is 14.0. The van der Waals surface area contributed by atoms with E-state index in [-0.39, 0.29) is 18.5 Å². The first kappa shape index (κ1) is 27.6. The van der Waals surface area contributed by atoms with Gasteiger partial charge >= 0.3 is 0 Å². The summed E-state index contributed by atoms with van der Waals surface area (Å²) in [6, 6.07) is 7.85. The highest BCUT2D eigenvalue weighted by molar-refractivity contribution is 7.92. The predicted molar refractivity (Wildman–Crippen MR) is 136 cm³/mol. The third-order valence-electron chi connectivity index (χ3n) is 6.64. The van der Waals surface area contributed by atoms with Crippen molar-refractivity contribution in [2.75, 3.05) is 12.9 Å². The lowest BCUT2D eigenvalue weighted by Crippen LogP contribution is -2.51. The molecule has 4 rings (SSSR count). The number of pyridine rings is 1. The van der Waals surface area contributed by atoms with Gasteiger partial charge in [-0.2, -0.15) is 15.0 Å². The molecule has 1 amide bonds. The summed E-state index contributed by atoms with van der Waals surface area (Å²) in [4.78, 5) is 32.4. The Labute approximate surface area is 219 Å². The van der Waals surface area contributed by atoms with Gasteiger partial charge in [-0.15, -0.1) is 0 Å². The number of amides is 1. The van der Waals surface area contributed by atoms with Gasteiger partial charge in [0.2, 0.25) is 0 Å². The lowest BCUT2D eigenvalue weighted by Gasteiger charge is -2.28. The first-order chi connectivity index (χ1) is 18.0. The summed E-state index contributed by atoms with van der Waals surface area (Å²) in [5.41, 5.74) is 3.64. The van der Waals surface area contributed by atoms with Gasteiger partial charge in [0.15, 0.2) is 20.9 Å². The van der Waals surface area contributed by atoms with Crippen LogP contribution in [0.2, 0.25) is 0 Å². The predicted octanol–water partition coefficient (Wildman–Crippen LogP) is 2.31. The molecule has 2 atom stereocenters. The fourth-order valence-corrected chi connectivity index (χ4v) is 4.85. The normalized spacial score (nSPS) is 17.6. The van der Waals surface area contributed by atoms with Crippen molar-refractivity contribution in [3.63, 3.8) is 0 Å². The van der Waals surface area contributed by atoms with Crippen molar-refractivity contribution < 1.29 is 27.2 Å². The summed E-state index contributed by atoms with van der Waals surface area (Å²) in [5, 5.41) is 8.35. The van der Waals surface area contributed by atoms with E-state index < -0.39 is 38.2 Å². The van der Waals surface area contributed by atoms with Gasteiger partial charge in [-0.25, -0.2) is 23.1 Å². The maximum Gasteiger partial charge on any atom is 0.264 e. The molecule has 0 radical (unpaired) electrons. The molecule has 0 aliphatic carbocycles. The molecule has 0 saturated carbocycles. The Bertz CT molecular complexity index is 1460. The summed E-state index contributed by atoms with van der Waals surface area (Å²) >= 11 is 0. The van der Waals surface area contributed by atoms with Crippen molar-refractivity contribution in [1.82, 2.24) is 25.0 Å². The van der Waals surface area contributed by atoms with E-state index in [1.807, 2.05) is 6.92 Å². The van der Waals surface area contributed by atoms with E-state index in [0.29, 0.717) is 24.3 Å². The van der Waals surface area contributed by atoms with Crippen LogP contribution in [-0.4, -0.2) is 57.8 Å². The molecule has 1 saturated heterocycles. The van der Waals surface area contributed by atoms with Crippen molar-refractivity contribution in [3.05, 3.63) is 64.6 Å². The van der Waals surface area contributed by atoms with Crippen LogP contribution in [0.15, 0.2) is 47.5 Å².